The van der Waals surface area contributed by atoms with Gasteiger partial charge in [0, 0.05) is 23.9 Å². The Balaban J connectivity index is 0.000000791. The highest BCUT2D eigenvalue weighted by molar-refractivity contribution is 9.09. The molecule has 0 bridgehead atoms. The third-order valence-corrected chi connectivity index (χ3v) is 2.35. The van der Waals surface area contributed by atoms with Crippen LogP contribution in [0.1, 0.15) is 26.3 Å². The number of rotatable bonds is 1. The fraction of sp³-hybridized carbons (Fsp3) is 0.500. The number of halogens is 1. The molecule has 0 atom stereocenters. The number of aryl methyl sites for hydroxylation is 2. The standard InChI is InChI=1S/C10H14BrN.C2H6/c1-4-10-9(5-6-11)8(2)7-12(10)3;1-2/h4-5,7H,6H2,1-3H3;1-2H3/b9-5-,10-4+;. The summed E-state index contributed by atoms with van der Waals surface area (Å²) in [5.41, 5.74) is 1.34. The van der Waals surface area contributed by atoms with Crippen LogP contribution >= 0.6 is 15.9 Å². The maximum atomic E-state index is 3.41. The Hall–Kier alpha value is -0.500. The van der Waals surface area contributed by atoms with Crippen molar-refractivity contribution in [2.45, 2.75) is 27.7 Å². The monoisotopic (exact) mass is 257 g/mol. The minimum absolute atomic E-state index is 0.915. The first-order valence-electron chi connectivity index (χ1n) is 5.05. The van der Waals surface area contributed by atoms with E-state index in [2.05, 4.69) is 59.7 Å². The highest BCUT2D eigenvalue weighted by atomic mass is 79.9. The van der Waals surface area contributed by atoms with Crippen molar-refractivity contribution in [1.29, 1.82) is 0 Å². The molecule has 0 aliphatic carbocycles. The summed E-state index contributed by atoms with van der Waals surface area (Å²) in [6.45, 7) is 8.21. The molecule has 0 spiro atoms. The van der Waals surface area contributed by atoms with Crippen LogP contribution in [0.4, 0.5) is 0 Å². The normalized spacial score (nSPS) is 12.7. The molecule has 0 aliphatic rings. The number of hydrogen-bond acceptors (Lipinski definition) is 0. The minimum atomic E-state index is 0.915. The lowest BCUT2D eigenvalue weighted by atomic mass is 10.3. The van der Waals surface area contributed by atoms with Gasteiger partial charge in [-0.2, -0.15) is 0 Å². The fourth-order valence-electron chi connectivity index (χ4n) is 1.52. The van der Waals surface area contributed by atoms with Crippen LogP contribution in [0.25, 0.3) is 12.2 Å². The Morgan fingerprint density at radius 2 is 2.00 bits per heavy atom. The molecule has 80 valence electrons. The summed E-state index contributed by atoms with van der Waals surface area (Å²) in [7, 11) is 2.08. The third-order valence-electron chi connectivity index (χ3n) is 2.02. The zero-order chi connectivity index (χ0) is 11.1. The van der Waals surface area contributed by atoms with E-state index in [0.29, 0.717) is 0 Å². The molecule has 1 rings (SSSR count). The van der Waals surface area contributed by atoms with E-state index in [1.54, 1.807) is 0 Å². The summed E-state index contributed by atoms with van der Waals surface area (Å²) in [6.07, 6.45) is 6.50. The van der Waals surface area contributed by atoms with Crippen LogP contribution < -0.4 is 10.6 Å². The zero-order valence-electron chi connectivity index (χ0n) is 9.76. The number of aromatic nitrogens is 1. The van der Waals surface area contributed by atoms with Gasteiger partial charge >= 0.3 is 0 Å². The van der Waals surface area contributed by atoms with E-state index in [9.17, 15) is 0 Å². The van der Waals surface area contributed by atoms with Gasteiger partial charge in [-0.05, 0) is 24.6 Å². The first-order chi connectivity index (χ1) is 6.70. The largest absolute Gasteiger partial charge is 0.351 e. The summed E-state index contributed by atoms with van der Waals surface area (Å²) in [5, 5.41) is 3.56. The topological polar surface area (TPSA) is 4.93 Å². The molecular weight excluding hydrogens is 238 g/mol. The molecule has 0 fully saturated rings. The molecule has 0 unspecified atom stereocenters. The van der Waals surface area contributed by atoms with Gasteiger partial charge in [-0.3, -0.25) is 0 Å². The van der Waals surface area contributed by atoms with Gasteiger partial charge in [-0.1, -0.05) is 41.9 Å². The highest BCUT2D eigenvalue weighted by Crippen LogP contribution is 1.86. The van der Waals surface area contributed by atoms with Crippen molar-refractivity contribution >= 4 is 28.1 Å². The van der Waals surface area contributed by atoms with Crippen LogP contribution in [-0.2, 0) is 7.05 Å². The van der Waals surface area contributed by atoms with E-state index in [0.717, 1.165) is 5.33 Å². The van der Waals surface area contributed by atoms with Crippen molar-refractivity contribution < 1.29 is 0 Å². The molecule has 0 aliphatic heterocycles. The molecule has 2 heteroatoms. The molecule has 0 aromatic carbocycles. The molecule has 1 nitrogen and oxygen atoms in total. The van der Waals surface area contributed by atoms with E-state index in [-0.39, 0.29) is 0 Å². The van der Waals surface area contributed by atoms with Crippen LogP contribution in [0, 0.1) is 6.92 Å². The number of alkyl halides is 1. The lowest BCUT2D eigenvalue weighted by Crippen LogP contribution is -2.28. The van der Waals surface area contributed by atoms with E-state index in [1.807, 2.05) is 13.8 Å². The third kappa shape index (κ3) is 3.02. The van der Waals surface area contributed by atoms with Gasteiger partial charge in [0.15, 0.2) is 0 Å². The average Bonchev–Trinajstić information content (AvgIpc) is 2.45. The van der Waals surface area contributed by atoms with Crippen molar-refractivity contribution in [3.05, 3.63) is 22.3 Å². The quantitative estimate of drug-likeness (QED) is 0.681. The summed E-state index contributed by atoms with van der Waals surface area (Å²) in [5.74, 6) is 0. The number of nitrogens with zero attached hydrogens (tertiary/aromatic N) is 1. The van der Waals surface area contributed by atoms with E-state index >= 15 is 0 Å². The molecule has 0 saturated heterocycles. The maximum absolute atomic E-state index is 3.41. The van der Waals surface area contributed by atoms with E-state index < -0.39 is 0 Å². The molecule has 0 N–H and O–H groups in total. The van der Waals surface area contributed by atoms with Gasteiger partial charge in [0.2, 0.25) is 0 Å². The van der Waals surface area contributed by atoms with Gasteiger partial charge in [0.25, 0.3) is 0 Å². The fourth-order valence-corrected chi connectivity index (χ4v) is 1.85. The van der Waals surface area contributed by atoms with Crippen LogP contribution in [0.2, 0.25) is 0 Å². The summed E-state index contributed by atoms with van der Waals surface area (Å²) < 4.78 is 2.16. The maximum Gasteiger partial charge on any atom is 0.0434 e. The highest BCUT2D eigenvalue weighted by Gasteiger charge is 1.94. The van der Waals surface area contributed by atoms with Crippen molar-refractivity contribution in [3.8, 4) is 0 Å². The zero-order valence-corrected chi connectivity index (χ0v) is 11.4. The van der Waals surface area contributed by atoms with E-state index in [4.69, 9.17) is 0 Å². The predicted molar refractivity (Wildman–Crippen MR) is 69.1 cm³/mol. The van der Waals surface area contributed by atoms with Crippen LogP contribution in [0.3, 0.4) is 0 Å². The minimum Gasteiger partial charge on any atom is -0.351 e. The first-order valence-corrected chi connectivity index (χ1v) is 6.17. The van der Waals surface area contributed by atoms with Crippen LogP contribution in [-0.4, -0.2) is 9.90 Å². The second-order valence-electron chi connectivity index (χ2n) is 2.87. The molecule has 1 heterocycles. The van der Waals surface area contributed by atoms with Crippen molar-refractivity contribution in [1.82, 2.24) is 4.57 Å². The van der Waals surface area contributed by atoms with Gasteiger partial charge in [0.05, 0.1) is 0 Å². The van der Waals surface area contributed by atoms with E-state index in [1.165, 1.54) is 16.1 Å². The van der Waals surface area contributed by atoms with Crippen molar-refractivity contribution in [2.24, 2.45) is 7.05 Å². The first kappa shape index (κ1) is 13.5. The Labute approximate surface area is 95.3 Å². The van der Waals surface area contributed by atoms with Gasteiger partial charge in [0.1, 0.15) is 0 Å². The summed E-state index contributed by atoms with van der Waals surface area (Å²) in [4.78, 5) is 0. The molecular formula is C12H20BrN. The summed E-state index contributed by atoms with van der Waals surface area (Å²) >= 11 is 3.41. The summed E-state index contributed by atoms with van der Waals surface area (Å²) in [6, 6.07) is 0. The Morgan fingerprint density at radius 1 is 1.43 bits per heavy atom. The van der Waals surface area contributed by atoms with Crippen LogP contribution in [0.5, 0.6) is 0 Å². The van der Waals surface area contributed by atoms with Crippen LogP contribution in [0.15, 0.2) is 6.20 Å². The van der Waals surface area contributed by atoms with Crippen molar-refractivity contribution in [3.63, 3.8) is 0 Å². The molecule has 1 aromatic rings. The Bertz CT molecular complexity index is 374. The van der Waals surface area contributed by atoms with Crippen molar-refractivity contribution in [2.75, 3.05) is 5.33 Å². The SMILES string of the molecule is C/C=c1\c(=C/CBr)c(C)cn1C.CC. The molecule has 0 amide bonds. The lowest BCUT2D eigenvalue weighted by Gasteiger charge is -1.87. The molecule has 0 saturated carbocycles. The number of hydrogen-bond donors (Lipinski definition) is 0. The second kappa shape index (κ2) is 6.88. The van der Waals surface area contributed by atoms with Gasteiger partial charge in [-0.15, -0.1) is 0 Å². The smallest absolute Gasteiger partial charge is 0.0434 e. The molecule has 1 aromatic heterocycles. The Morgan fingerprint density at radius 3 is 2.43 bits per heavy atom. The molecule has 14 heavy (non-hydrogen) atoms. The second-order valence-corrected chi connectivity index (χ2v) is 3.52. The average molecular weight is 258 g/mol. The lowest BCUT2D eigenvalue weighted by molar-refractivity contribution is 0.886. The molecule has 0 radical (unpaired) electrons. The van der Waals surface area contributed by atoms with Gasteiger partial charge < -0.3 is 4.57 Å². The Kier molecular flexibility index (Phi) is 6.64. The predicted octanol–water partition coefficient (Wildman–Crippen LogP) is 2.34. The van der Waals surface area contributed by atoms with Gasteiger partial charge in [-0.25, -0.2) is 0 Å².